The van der Waals surface area contributed by atoms with Gasteiger partial charge in [-0.05, 0) is 36.4 Å². The van der Waals surface area contributed by atoms with Crippen molar-refractivity contribution < 1.29 is 36.2 Å². The van der Waals surface area contributed by atoms with Gasteiger partial charge < -0.3 is 9.47 Å². The largest absolute Gasteiger partial charge is 0.434 e. The molecule has 0 spiro atoms. The summed E-state index contributed by atoms with van der Waals surface area (Å²) < 4.78 is 72.0. The molecule has 0 unspecified atom stereocenters. The number of rotatable bonds is 4. The highest BCUT2D eigenvalue weighted by Gasteiger charge is 2.31. The first-order valence-electron chi connectivity index (χ1n) is 7.48. The van der Waals surface area contributed by atoms with Crippen LogP contribution in [0, 0.1) is 0 Å². The minimum absolute atomic E-state index is 0.161. The van der Waals surface area contributed by atoms with E-state index in [1.165, 1.54) is 24.3 Å². The summed E-state index contributed by atoms with van der Waals surface area (Å²) in [5.41, 5.74) is -0.723. The number of esters is 1. The topological polar surface area (TPSA) is 47.9 Å². The molecule has 0 saturated carbocycles. The Labute approximate surface area is 149 Å². The molecule has 0 amide bonds. The maximum Gasteiger partial charge on any atom is 0.416 e. The molecule has 0 aliphatic carbocycles. The molecule has 0 aromatic heterocycles. The molecule has 9 heteroatoms. The first-order valence-corrected chi connectivity index (χ1v) is 7.48. The van der Waals surface area contributed by atoms with Crippen LogP contribution < -0.4 is 4.74 Å². The number of nitrogens with zero attached hydrogens (tertiary/aromatic N) is 1. The third-order valence-electron chi connectivity index (χ3n) is 3.51. The number of hydrogen-bond acceptors (Lipinski definition) is 4. The molecule has 1 heterocycles. The van der Waals surface area contributed by atoms with Crippen molar-refractivity contribution in [3.05, 3.63) is 70.9 Å². The molecule has 4 nitrogen and oxygen atoms in total. The van der Waals surface area contributed by atoms with Crippen LogP contribution in [0.15, 0.2) is 59.2 Å². The van der Waals surface area contributed by atoms with E-state index in [1.807, 2.05) is 0 Å². The fourth-order valence-electron chi connectivity index (χ4n) is 2.28. The lowest BCUT2D eigenvalue weighted by atomic mass is 10.1. The minimum atomic E-state index is -4.49. The van der Waals surface area contributed by atoms with Gasteiger partial charge in [0.1, 0.15) is 5.75 Å². The molecule has 0 radical (unpaired) electrons. The van der Waals surface area contributed by atoms with Gasteiger partial charge in [-0.25, -0.2) is 9.79 Å². The molecule has 27 heavy (non-hydrogen) atoms. The van der Waals surface area contributed by atoms with Crippen molar-refractivity contribution in [1.29, 1.82) is 0 Å². The number of carbonyl (C=O) groups excluding carboxylic acids is 1. The van der Waals surface area contributed by atoms with Crippen molar-refractivity contribution >= 4 is 17.9 Å². The molecule has 0 atom stereocenters. The zero-order valence-corrected chi connectivity index (χ0v) is 13.3. The van der Waals surface area contributed by atoms with Gasteiger partial charge in [-0.15, -0.1) is 0 Å². The number of ether oxygens (including phenoxy) is 2. The number of carbonyl (C=O) groups is 1. The molecule has 2 aromatic rings. The standard InChI is InChI=1S/C18H10F5NO3/c19-17(20)26-14-4-2-1-3-11(14)9-13-16(25)27-15(24-13)10-5-7-12(8-6-10)18(21,22)23/h1-9,17H/b13-9+. The molecule has 0 N–H and O–H groups in total. The summed E-state index contributed by atoms with van der Waals surface area (Å²) in [6, 6.07) is 9.65. The zero-order valence-electron chi connectivity index (χ0n) is 13.3. The van der Waals surface area contributed by atoms with E-state index in [-0.39, 0.29) is 28.5 Å². The van der Waals surface area contributed by atoms with Gasteiger partial charge in [-0.2, -0.15) is 22.0 Å². The lowest BCUT2D eigenvalue weighted by Crippen LogP contribution is -2.08. The highest BCUT2D eigenvalue weighted by Crippen LogP contribution is 2.30. The minimum Gasteiger partial charge on any atom is -0.434 e. The van der Waals surface area contributed by atoms with Crippen LogP contribution in [0.3, 0.4) is 0 Å². The Hall–Kier alpha value is -3.23. The maximum atomic E-state index is 12.6. The molecule has 140 valence electrons. The van der Waals surface area contributed by atoms with E-state index < -0.39 is 24.3 Å². The summed E-state index contributed by atoms with van der Waals surface area (Å²) in [4.78, 5) is 15.9. The van der Waals surface area contributed by atoms with Gasteiger partial charge in [0.15, 0.2) is 5.70 Å². The second-order valence-electron chi connectivity index (χ2n) is 5.33. The van der Waals surface area contributed by atoms with E-state index in [2.05, 4.69) is 9.73 Å². The number of halogens is 5. The van der Waals surface area contributed by atoms with Crippen LogP contribution in [0.5, 0.6) is 5.75 Å². The predicted molar refractivity (Wildman–Crippen MR) is 85.1 cm³/mol. The first-order chi connectivity index (χ1) is 12.7. The maximum absolute atomic E-state index is 12.6. The second-order valence-corrected chi connectivity index (χ2v) is 5.33. The van der Waals surface area contributed by atoms with E-state index in [0.717, 1.165) is 24.3 Å². The molecular weight excluding hydrogens is 373 g/mol. The third-order valence-corrected chi connectivity index (χ3v) is 3.51. The molecule has 3 rings (SSSR count). The lowest BCUT2D eigenvalue weighted by Gasteiger charge is -2.07. The van der Waals surface area contributed by atoms with Crippen molar-refractivity contribution in [3.8, 4) is 5.75 Å². The molecule has 0 saturated heterocycles. The van der Waals surface area contributed by atoms with Crippen LogP contribution in [0.4, 0.5) is 22.0 Å². The molecule has 1 aliphatic rings. The summed E-state index contributed by atoms with van der Waals surface area (Å²) in [5, 5.41) is 0. The lowest BCUT2D eigenvalue weighted by molar-refractivity contribution is -0.137. The molecule has 1 aliphatic heterocycles. The van der Waals surface area contributed by atoms with Crippen molar-refractivity contribution in [2.24, 2.45) is 4.99 Å². The fourth-order valence-corrected chi connectivity index (χ4v) is 2.28. The van der Waals surface area contributed by atoms with E-state index in [0.29, 0.717) is 0 Å². The van der Waals surface area contributed by atoms with Crippen LogP contribution in [0.2, 0.25) is 0 Å². The van der Waals surface area contributed by atoms with Crippen molar-refractivity contribution in [3.63, 3.8) is 0 Å². The van der Waals surface area contributed by atoms with Gasteiger partial charge in [-0.3, -0.25) is 0 Å². The zero-order chi connectivity index (χ0) is 19.6. The van der Waals surface area contributed by atoms with Gasteiger partial charge in [-0.1, -0.05) is 18.2 Å². The Morgan fingerprint density at radius 1 is 1.04 bits per heavy atom. The average Bonchev–Trinajstić information content (AvgIpc) is 2.96. The molecule has 0 bridgehead atoms. The predicted octanol–water partition coefficient (Wildman–Crippen LogP) is 4.65. The van der Waals surface area contributed by atoms with Crippen LogP contribution in [-0.4, -0.2) is 18.5 Å². The van der Waals surface area contributed by atoms with Gasteiger partial charge >= 0.3 is 18.8 Å². The van der Waals surface area contributed by atoms with Gasteiger partial charge in [0.25, 0.3) is 0 Å². The Morgan fingerprint density at radius 3 is 2.33 bits per heavy atom. The van der Waals surface area contributed by atoms with E-state index in [4.69, 9.17) is 4.74 Å². The van der Waals surface area contributed by atoms with Crippen molar-refractivity contribution in [2.75, 3.05) is 0 Å². The third kappa shape index (κ3) is 4.30. The van der Waals surface area contributed by atoms with Crippen LogP contribution >= 0.6 is 0 Å². The summed E-state index contributed by atoms with van der Waals surface area (Å²) in [5.74, 6) is -1.21. The van der Waals surface area contributed by atoms with Crippen LogP contribution in [-0.2, 0) is 15.7 Å². The Balaban J connectivity index is 1.90. The summed E-state index contributed by atoms with van der Waals surface area (Å²) in [7, 11) is 0. The van der Waals surface area contributed by atoms with E-state index in [1.54, 1.807) is 6.07 Å². The summed E-state index contributed by atoms with van der Waals surface area (Å²) in [6.07, 6.45) is -3.30. The number of hydrogen-bond donors (Lipinski definition) is 0. The number of cyclic esters (lactones) is 1. The van der Waals surface area contributed by atoms with Crippen LogP contribution in [0.1, 0.15) is 16.7 Å². The normalized spacial score (nSPS) is 15.9. The Kier molecular flexibility index (Phi) is 4.93. The number of benzene rings is 2. The van der Waals surface area contributed by atoms with Gasteiger partial charge in [0.2, 0.25) is 5.90 Å². The van der Waals surface area contributed by atoms with Crippen molar-refractivity contribution in [2.45, 2.75) is 12.8 Å². The number of alkyl halides is 5. The Morgan fingerprint density at radius 2 is 1.70 bits per heavy atom. The SMILES string of the molecule is O=C1OC(c2ccc(C(F)(F)F)cc2)=N/C1=C/c1ccccc1OC(F)F. The smallest absolute Gasteiger partial charge is 0.416 e. The van der Waals surface area contributed by atoms with Crippen LogP contribution in [0.25, 0.3) is 6.08 Å². The molecule has 0 fully saturated rings. The fraction of sp³-hybridized carbons (Fsp3) is 0.111. The second kappa shape index (κ2) is 7.18. The first kappa shape index (κ1) is 18.6. The molecular formula is C18H10F5NO3. The monoisotopic (exact) mass is 383 g/mol. The van der Waals surface area contributed by atoms with Gasteiger partial charge in [0, 0.05) is 11.1 Å². The van der Waals surface area contributed by atoms with E-state index >= 15 is 0 Å². The average molecular weight is 383 g/mol. The highest BCUT2D eigenvalue weighted by atomic mass is 19.4. The highest BCUT2D eigenvalue weighted by molar-refractivity contribution is 6.12. The van der Waals surface area contributed by atoms with Crippen molar-refractivity contribution in [1.82, 2.24) is 0 Å². The number of para-hydroxylation sites is 1. The van der Waals surface area contributed by atoms with E-state index in [9.17, 15) is 26.7 Å². The summed E-state index contributed by atoms with van der Waals surface area (Å²) >= 11 is 0. The van der Waals surface area contributed by atoms with Gasteiger partial charge in [0.05, 0.1) is 5.56 Å². The molecule has 2 aromatic carbocycles. The number of aliphatic imine (C=N–C) groups is 1. The summed E-state index contributed by atoms with van der Waals surface area (Å²) in [6.45, 7) is -3.05. The Bertz CT molecular complexity index is 917. The quantitative estimate of drug-likeness (QED) is 0.439.